The van der Waals surface area contributed by atoms with E-state index in [1.165, 1.54) is 0 Å². The second-order valence-corrected chi connectivity index (χ2v) is 7.91. The molecule has 0 aliphatic rings. The van der Waals surface area contributed by atoms with E-state index in [1.807, 2.05) is 12.1 Å². The fourth-order valence-corrected chi connectivity index (χ4v) is 1.94. The predicted molar refractivity (Wildman–Crippen MR) is 71.5 cm³/mol. The van der Waals surface area contributed by atoms with E-state index in [1.54, 1.807) is 32.9 Å². The lowest BCUT2D eigenvalue weighted by atomic mass is 10.3. The van der Waals surface area contributed by atoms with Crippen LogP contribution >= 0.6 is 22.6 Å². The Labute approximate surface area is 104 Å². The quantitative estimate of drug-likeness (QED) is 0.843. The van der Waals surface area contributed by atoms with Crippen LogP contribution in [0.4, 0.5) is 5.69 Å². The van der Waals surface area contributed by atoms with E-state index >= 15 is 0 Å². The van der Waals surface area contributed by atoms with E-state index in [2.05, 4.69) is 27.3 Å². The third-order valence-corrected chi connectivity index (χ3v) is 4.74. The van der Waals surface area contributed by atoms with Crippen LogP contribution in [0.3, 0.4) is 0 Å². The van der Waals surface area contributed by atoms with Crippen molar-refractivity contribution in [3.8, 4) is 0 Å². The Morgan fingerprint density at radius 1 is 1.13 bits per heavy atom. The van der Waals surface area contributed by atoms with Crippen LogP contribution in [0.25, 0.3) is 0 Å². The lowest BCUT2D eigenvalue weighted by Crippen LogP contribution is -2.33. The van der Waals surface area contributed by atoms with Gasteiger partial charge in [-0.1, -0.05) is 0 Å². The summed E-state index contributed by atoms with van der Waals surface area (Å²) in [5.41, 5.74) is 0.602. The van der Waals surface area contributed by atoms with Gasteiger partial charge < -0.3 is 0 Å². The van der Waals surface area contributed by atoms with Crippen LogP contribution in [0.5, 0.6) is 0 Å². The molecule has 1 rings (SSSR count). The van der Waals surface area contributed by atoms with Gasteiger partial charge >= 0.3 is 0 Å². The van der Waals surface area contributed by atoms with Crippen molar-refractivity contribution in [2.75, 3.05) is 4.72 Å². The normalized spacial score (nSPS) is 12.5. The fraction of sp³-hybridized carbons (Fsp3) is 0.400. The van der Waals surface area contributed by atoms with Crippen molar-refractivity contribution in [3.05, 3.63) is 27.8 Å². The van der Waals surface area contributed by atoms with Crippen molar-refractivity contribution in [2.45, 2.75) is 25.5 Å². The number of nitrogens with one attached hydrogen (secondary N) is 1. The van der Waals surface area contributed by atoms with E-state index in [4.69, 9.17) is 0 Å². The van der Waals surface area contributed by atoms with Gasteiger partial charge in [-0.25, -0.2) is 8.42 Å². The van der Waals surface area contributed by atoms with Crippen molar-refractivity contribution in [1.82, 2.24) is 0 Å². The van der Waals surface area contributed by atoms with Gasteiger partial charge in [-0.3, -0.25) is 4.72 Å². The molecule has 5 heteroatoms. The van der Waals surface area contributed by atoms with Crippen molar-refractivity contribution in [3.63, 3.8) is 0 Å². The van der Waals surface area contributed by atoms with Gasteiger partial charge in [0.05, 0.1) is 4.75 Å². The van der Waals surface area contributed by atoms with Gasteiger partial charge in [0, 0.05) is 9.26 Å². The van der Waals surface area contributed by atoms with E-state index in [0.29, 0.717) is 5.69 Å². The predicted octanol–water partition coefficient (Wildman–Crippen LogP) is 2.83. The summed E-state index contributed by atoms with van der Waals surface area (Å²) in [5.74, 6) is 0. The number of anilines is 1. The molecule has 0 atom stereocenters. The highest BCUT2D eigenvalue weighted by Gasteiger charge is 2.28. The van der Waals surface area contributed by atoms with E-state index < -0.39 is 14.8 Å². The largest absolute Gasteiger partial charge is 0.283 e. The number of benzene rings is 1. The molecule has 0 radical (unpaired) electrons. The first kappa shape index (κ1) is 12.8. The summed E-state index contributed by atoms with van der Waals surface area (Å²) in [4.78, 5) is 0. The SMILES string of the molecule is CC(C)(C)S(=O)(=O)Nc1ccc(I)cc1. The summed E-state index contributed by atoms with van der Waals surface area (Å²) >= 11 is 2.17. The summed E-state index contributed by atoms with van der Waals surface area (Å²) < 4.78 is 26.4. The molecule has 0 saturated carbocycles. The maximum absolute atomic E-state index is 11.8. The Bertz CT molecular complexity index is 431. The van der Waals surface area contributed by atoms with Crippen LogP contribution < -0.4 is 4.72 Å². The highest BCUT2D eigenvalue weighted by Crippen LogP contribution is 2.19. The molecule has 0 amide bonds. The summed E-state index contributed by atoms with van der Waals surface area (Å²) in [6, 6.07) is 7.23. The Kier molecular flexibility index (Phi) is 3.65. The van der Waals surface area contributed by atoms with Crippen molar-refractivity contribution in [1.29, 1.82) is 0 Å². The lowest BCUT2D eigenvalue weighted by molar-refractivity contribution is 0.566. The molecule has 1 aromatic carbocycles. The summed E-state index contributed by atoms with van der Waals surface area (Å²) in [7, 11) is -3.32. The molecule has 0 heterocycles. The van der Waals surface area contributed by atoms with Gasteiger partial charge in [0.15, 0.2) is 0 Å². The molecule has 1 N–H and O–H groups in total. The second kappa shape index (κ2) is 4.29. The van der Waals surface area contributed by atoms with Crippen LogP contribution in [0.15, 0.2) is 24.3 Å². The van der Waals surface area contributed by atoms with Crippen molar-refractivity contribution in [2.24, 2.45) is 0 Å². The van der Waals surface area contributed by atoms with E-state index in [9.17, 15) is 8.42 Å². The highest BCUT2D eigenvalue weighted by atomic mass is 127. The molecule has 3 nitrogen and oxygen atoms in total. The summed E-state index contributed by atoms with van der Waals surface area (Å²) in [5, 5.41) is 0. The minimum atomic E-state index is -3.32. The number of sulfonamides is 1. The first-order valence-corrected chi connectivity index (χ1v) is 7.06. The molecule has 0 spiro atoms. The number of halogens is 1. The van der Waals surface area contributed by atoms with Gasteiger partial charge in [-0.2, -0.15) is 0 Å². The molecule has 1 aromatic rings. The van der Waals surface area contributed by atoms with Gasteiger partial charge in [-0.05, 0) is 67.6 Å². The van der Waals surface area contributed by atoms with Gasteiger partial charge in [0.25, 0.3) is 0 Å². The van der Waals surface area contributed by atoms with Crippen LogP contribution in [0.2, 0.25) is 0 Å². The van der Waals surface area contributed by atoms with Crippen LogP contribution in [-0.2, 0) is 10.0 Å². The molecular weight excluding hydrogens is 325 g/mol. The second-order valence-electron chi connectivity index (χ2n) is 4.22. The fourth-order valence-electron chi connectivity index (χ4n) is 0.826. The molecule has 0 saturated heterocycles. The Hall–Kier alpha value is -0.300. The summed E-state index contributed by atoms with van der Waals surface area (Å²) in [6.07, 6.45) is 0. The molecular formula is C10H14INO2S. The Morgan fingerprint density at radius 2 is 1.60 bits per heavy atom. The van der Waals surface area contributed by atoms with E-state index in [-0.39, 0.29) is 0 Å². The lowest BCUT2D eigenvalue weighted by Gasteiger charge is -2.20. The molecule has 84 valence electrons. The van der Waals surface area contributed by atoms with Gasteiger partial charge in [-0.15, -0.1) is 0 Å². The number of rotatable bonds is 2. The Morgan fingerprint density at radius 3 is 2.00 bits per heavy atom. The van der Waals surface area contributed by atoms with Gasteiger partial charge in [0.2, 0.25) is 10.0 Å². The third-order valence-electron chi connectivity index (χ3n) is 1.90. The minimum Gasteiger partial charge on any atom is -0.283 e. The maximum Gasteiger partial charge on any atom is 0.237 e. The van der Waals surface area contributed by atoms with Crippen molar-refractivity contribution < 1.29 is 8.42 Å². The monoisotopic (exact) mass is 339 g/mol. The zero-order valence-corrected chi connectivity index (χ0v) is 11.9. The molecule has 0 aliphatic carbocycles. The van der Waals surface area contributed by atoms with E-state index in [0.717, 1.165) is 3.57 Å². The average Bonchev–Trinajstić information content (AvgIpc) is 2.06. The third kappa shape index (κ3) is 3.34. The molecule has 0 unspecified atom stereocenters. The summed E-state index contributed by atoms with van der Waals surface area (Å²) in [6.45, 7) is 5.01. The standard InChI is InChI=1S/C10H14INO2S/c1-10(2,3)15(13,14)12-9-6-4-8(11)5-7-9/h4-7,12H,1-3H3. The highest BCUT2D eigenvalue weighted by molar-refractivity contribution is 14.1. The van der Waals surface area contributed by atoms with Gasteiger partial charge in [0.1, 0.15) is 0 Å². The average molecular weight is 339 g/mol. The van der Waals surface area contributed by atoms with Crippen LogP contribution in [0, 0.1) is 3.57 Å². The maximum atomic E-state index is 11.8. The first-order chi connectivity index (χ1) is 6.72. The number of hydrogen-bond donors (Lipinski definition) is 1. The van der Waals surface area contributed by atoms with Crippen molar-refractivity contribution >= 4 is 38.3 Å². The first-order valence-electron chi connectivity index (χ1n) is 4.50. The topological polar surface area (TPSA) is 46.2 Å². The Balaban J connectivity index is 2.93. The molecule has 15 heavy (non-hydrogen) atoms. The zero-order chi connectivity index (χ0) is 11.7. The zero-order valence-electron chi connectivity index (χ0n) is 8.91. The van der Waals surface area contributed by atoms with Crippen LogP contribution in [-0.4, -0.2) is 13.2 Å². The molecule has 0 bridgehead atoms. The molecule has 0 fully saturated rings. The van der Waals surface area contributed by atoms with Crippen LogP contribution in [0.1, 0.15) is 20.8 Å². The molecule has 0 aliphatic heterocycles. The molecule has 0 aromatic heterocycles. The smallest absolute Gasteiger partial charge is 0.237 e. The number of hydrogen-bond acceptors (Lipinski definition) is 2. The minimum absolute atomic E-state index is 0.602.